The van der Waals surface area contributed by atoms with Gasteiger partial charge in [0, 0.05) is 49.3 Å². The Bertz CT molecular complexity index is 1810. The summed E-state index contributed by atoms with van der Waals surface area (Å²) in [5.41, 5.74) is 4.75. The summed E-state index contributed by atoms with van der Waals surface area (Å²) in [6.45, 7) is 8.14. The Labute approximate surface area is 237 Å². The van der Waals surface area contributed by atoms with Crippen molar-refractivity contribution in [2.45, 2.75) is 26.8 Å². The van der Waals surface area contributed by atoms with E-state index in [0.29, 0.717) is 54.5 Å². The lowest BCUT2D eigenvalue weighted by molar-refractivity contribution is 0.0698. The lowest BCUT2D eigenvalue weighted by Gasteiger charge is -2.37. The number of benzene rings is 2. The van der Waals surface area contributed by atoms with Crippen molar-refractivity contribution in [3.8, 4) is 12.1 Å². The average molecular weight is 548 g/mol. The zero-order chi connectivity index (χ0) is 29.3. The first-order chi connectivity index (χ1) is 19.7. The molecule has 2 aromatic heterocycles. The van der Waals surface area contributed by atoms with E-state index in [9.17, 15) is 25.2 Å². The smallest absolute Gasteiger partial charge is 0.337 e. The first-order valence-corrected chi connectivity index (χ1v) is 13.3. The first-order valence-electron chi connectivity index (χ1n) is 13.3. The van der Waals surface area contributed by atoms with Crippen molar-refractivity contribution in [3.63, 3.8) is 0 Å². The van der Waals surface area contributed by atoms with E-state index in [1.54, 1.807) is 24.4 Å². The zero-order valence-electron chi connectivity index (χ0n) is 23.0. The van der Waals surface area contributed by atoms with Crippen LogP contribution in [0.25, 0.3) is 5.65 Å². The number of hydrogen-bond donors (Lipinski definition) is 2. The van der Waals surface area contributed by atoms with E-state index in [2.05, 4.69) is 22.4 Å². The van der Waals surface area contributed by atoms with Gasteiger partial charge in [0.1, 0.15) is 11.7 Å². The molecule has 4 aromatic rings. The number of aryl methyl sites for hydroxylation is 2. The second kappa shape index (κ2) is 11.0. The Hall–Kier alpha value is -5.35. The van der Waals surface area contributed by atoms with Crippen molar-refractivity contribution in [1.29, 1.82) is 10.5 Å². The van der Waals surface area contributed by atoms with Gasteiger partial charge in [0.2, 0.25) is 0 Å². The van der Waals surface area contributed by atoms with Gasteiger partial charge in [-0.2, -0.15) is 10.5 Å². The fraction of sp³-hybridized carbons (Fsp3) is 0.258. The number of rotatable bonds is 6. The summed E-state index contributed by atoms with van der Waals surface area (Å²) in [7, 11) is 0. The Morgan fingerprint density at radius 3 is 2.39 bits per heavy atom. The maximum atomic E-state index is 13.6. The predicted molar refractivity (Wildman–Crippen MR) is 157 cm³/mol. The van der Waals surface area contributed by atoms with Crippen LogP contribution in [-0.4, -0.2) is 46.6 Å². The lowest BCUT2D eigenvalue weighted by Crippen LogP contribution is -2.47. The van der Waals surface area contributed by atoms with Crippen LogP contribution in [0.15, 0.2) is 59.5 Å². The largest absolute Gasteiger partial charge is 0.478 e. The highest BCUT2D eigenvalue weighted by molar-refractivity contribution is 5.94. The van der Waals surface area contributed by atoms with Crippen molar-refractivity contribution >= 4 is 28.8 Å². The topological polar surface area (TPSA) is 138 Å². The summed E-state index contributed by atoms with van der Waals surface area (Å²) < 4.78 is 1.41. The SMILES string of the molecule is Cc1cc([C@@H](C)Nc2ccccc2C(=O)O)c2nc(N3CCN(c4ccc(C#N)cc4C)CC3)c(C#N)c(=O)n2c1. The summed E-state index contributed by atoms with van der Waals surface area (Å²) in [5, 5.41) is 32.1. The van der Waals surface area contributed by atoms with Crippen LogP contribution in [0.4, 0.5) is 17.2 Å². The molecule has 2 aromatic carbocycles. The number of carboxylic acid groups (broad SMARTS) is 1. The molecule has 10 heteroatoms. The highest BCUT2D eigenvalue weighted by Gasteiger charge is 2.26. The van der Waals surface area contributed by atoms with E-state index in [1.807, 2.05) is 49.9 Å². The summed E-state index contributed by atoms with van der Waals surface area (Å²) in [5.74, 6) is -0.697. The highest BCUT2D eigenvalue weighted by atomic mass is 16.4. The van der Waals surface area contributed by atoms with Crippen LogP contribution in [0.3, 0.4) is 0 Å². The molecular weight excluding hydrogens is 518 g/mol. The number of anilines is 3. The van der Waals surface area contributed by atoms with Crippen molar-refractivity contribution in [3.05, 3.63) is 98.5 Å². The van der Waals surface area contributed by atoms with Gasteiger partial charge in [-0.3, -0.25) is 9.20 Å². The van der Waals surface area contributed by atoms with Gasteiger partial charge in [-0.25, -0.2) is 9.78 Å². The minimum Gasteiger partial charge on any atom is -0.478 e. The van der Waals surface area contributed by atoms with Crippen LogP contribution in [-0.2, 0) is 0 Å². The molecule has 3 heterocycles. The normalized spacial score (nSPS) is 13.9. The van der Waals surface area contributed by atoms with Crippen LogP contribution in [0.1, 0.15) is 51.1 Å². The van der Waals surface area contributed by atoms with Crippen molar-refractivity contribution < 1.29 is 9.90 Å². The lowest BCUT2D eigenvalue weighted by atomic mass is 10.1. The Kier molecular flexibility index (Phi) is 7.32. The molecule has 0 saturated carbocycles. The maximum absolute atomic E-state index is 13.6. The number of aromatic nitrogens is 2. The number of hydrogen-bond acceptors (Lipinski definition) is 8. The minimum atomic E-state index is -1.04. The molecule has 2 N–H and O–H groups in total. The highest BCUT2D eigenvalue weighted by Crippen LogP contribution is 2.28. The number of nitrogens with one attached hydrogen (secondary N) is 1. The molecule has 5 rings (SSSR count). The van der Waals surface area contributed by atoms with E-state index in [4.69, 9.17) is 4.98 Å². The average Bonchev–Trinajstić information content (AvgIpc) is 2.97. The molecule has 1 fully saturated rings. The Morgan fingerprint density at radius 2 is 1.73 bits per heavy atom. The molecule has 0 spiro atoms. The monoisotopic (exact) mass is 547 g/mol. The molecule has 1 saturated heterocycles. The molecule has 206 valence electrons. The van der Waals surface area contributed by atoms with Gasteiger partial charge in [-0.05, 0) is 68.3 Å². The van der Waals surface area contributed by atoms with Gasteiger partial charge in [-0.1, -0.05) is 12.1 Å². The standard InChI is InChI=1S/C31H29N7O3/c1-19-14-24(21(3)34-26-7-5-4-6-23(26)31(40)41)29-35-28(25(17-33)30(39)38(29)18-19)37-12-10-36(11-13-37)27-9-8-22(16-32)15-20(27)2/h4-9,14-15,18,21,34H,10-13H2,1-3H3,(H,40,41)/t21-/m1/s1. The van der Waals surface area contributed by atoms with Crippen molar-refractivity contribution in [2.75, 3.05) is 41.3 Å². The quantitative estimate of drug-likeness (QED) is 0.363. The van der Waals surface area contributed by atoms with E-state index in [-0.39, 0.29) is 11.1 Å². The number of nitriles is 2. The van der Waals surface area contributed by atoms with Crippen LogP contribution in [0, 0.1) is 36.5 Å². The molecule has 1 atom stereocenters. The summed E-state index contributed by atoms with van der Waals surface area (Å²) in [4.78, 5) is 34.4. The molecule has 41 heavy (non-hydrogen) atoms. The molecule has 1 aliphatic heterocycles. The Balaban J connectivity index is 1.51. The number of fused-ring (bicyclic) bond motifs is 1. The molecule has 0 bridgehead atoms. The van der Waals surface area contributed by atoms with E-state index >= 15 is 0 Å². The summed E-state index contributed by atoms with van der Waals surface area (Å²) >= 11 is 0. The molecular formula is C31H29N7O3. The number of aromatic carboxylic acids is 1. The zero-order valence-corrected chi connectivity index (χ0v) is 23.0. The maximum Gasteiger partial charge on any atom is 0.337 e. The van der Waals surface area contributed by atoms with Crippen LogP contribution in [0.5, 0.6) is 0 Å². The van der Waals surface area contributed by atoms with Gasteiger partial charge < -0.3 is 20.2 Å². The number of para-hydroxylation sites is 1. The number of carbonyl (C=O) groups is 1. The Morgan fingerprint density at radius 1 is 1.02 bits per heavy atom. The van der Waals surface area contributed by atoms with Gasteiger partial charge in [-0.15, -0.1) is 0 Å². The van der Waals surface area contributed by atoms with Crippen LogP contribution < -0.4 is 20.7 Å². The van der Waals surface area contributed by atoms with E-state index in [0.717, 1.165) is 16.8 Å². The van der Waals surface area contributed by atoms with Gasteiger partial charge >= 0.3 is 5.97 Å². The molecule has 0 radical (unpaired) electrons. The second-order valence-electron chi connectivity index (χ2n) is 10.2. The molecule has 0 amide bonds. The molecule has 0 aliphatic carbocycles. The van der Waals surface area contributed by atoms with E-state index in [1.165, 1.54) is 10.5 Å². The summed E-state index contributed by atoms with van der Waals surface area (Å²) in [6, 6.07) is 18.1. The third kappa shape index (κ3) is 5.15. The second-order valence-corrected chi connectivity index (χ2v) is 10.2. The van der Waals surface area contributed by atoms with Gasteiger partial charge in [0.15, 0.2) is 11.4 Å². The first kappa shape index (κ1) is 27.2. The molecule has 0 unspecified atom stereocenters. The fourth-order valence-electron chi connectivity index (χ4n) is 5.39. The number of nitrogens with zero attached hydrogens (tertiary/aromatic N) is 6. The van der Waals surface area contributed by atoms with Gasteiger partial charge in [0.05, 0.1) is 23.2 Å². The summed E-state index contributed by atoms with van der Waals surface area (Å²) in [6.07, 6.45) is 1.67. The van der Waals surface area contributed by atoms with Crippen LogP contribution in [0.2, 0.25) is 0 Å². The molecule has 10 nitrogen and oxygen atoms in total. The van der Waals surface area contributed by atoms with Gasteiger partial charge in [0.25, 0.3) is 5.56 Å². The van der Waals surface area contributed by atoms with E-state index < -0.39 is 17.6 Å². The predicted octanol–water partition coefficient (Wildman–Crippen LogP) is 4.25. The van der Waals surface area contributed by atoms with Crippen molar-refractivity contribution in [1.82, 2.24) is 9.38 Å². The van der Waals surface area contributed by atoms with Crippen molar-refractivity contribution in [2.24, 2.45) is 0 Å². The van der Waals surface area contributed by atoms with Crippen LogP contribution >= 0.6 is 0 Å². The third-order valence-electron chi connectivity index (χ3n) is 7.42. The number of piperazine rings is 1. The third-order valence-corrected chi connectivity index (χ3v) is 7.42. The number of carboxylic acids is 1. The number of pyridine rings is 1. The minimum absolute atomic E-state index is 0.0149. The molecule has 1 aliphatic rings. The fourth-order valence-corrected chi connectivity index (χ4v) is 5.39.